The highest BCUT2D eigenvalue weighted by atomic mass is 35.5. The molecule has 1 spiro atoms. The molecule has 0 bridgehead atoms. The molecule has 5 N–H and O–H groups in total. The van der Waals surface area contributed by atoms with Gasteiger partial charge in [-0.2, -0.15) is 0 Å². The summed E-state index contributed by atoms with van der Waals surface area (Å²) in [5, 5.41) is 5.11. The number of imide groups is 1. The minimum absolute atomic E-state index is 0.0172. The predicted molar refractivity (Wildman–Crippen MR) is 127 cm³/mol. The maximum atomic E-state index is 13.9. The van der Waals surface area contributed by atoms with Gasteiger partial charge in [0.15, 0.2) is 5.78 Å². The number of primary amides is 1. The predicted octanol–water partition coefficient (Wildman–Crippen LogP) is 1.02. The van der Waals surface area contributed by atoms with Gasteiger partial charge in [0.25, 0.3) is 5.91 Å². The number of quaternary nitrogens is 1. The third kappa shape index (κ3) is 3.22. The van der Waals surface area contributed by atoms with Gasteiger partial charge in [-0.1, -0.05) is 11.6 Å². The molecule has 10 heteroatoms. The first kappa shape index (κ1) is 23.2. The number of hydrogen-bond donors (Lipinski definition) is 3. The Hall–Kier alpha value is -3.56. The maximum Gasteiger partial charge on any atom is 0.291 e. The van der Waals surface area contributed by atoms with E-state index in [4.69, 9.17) is 17.3 Å². The van der Waals surface area contributed by atoms with E-state index in [2.05, 4.69) is 5.32 Å². The number of halogens is 1. The first-order chi connectivity index (χ1) is 16.6. The van der Waals surface area contributed by atoms with E-state index in [0.717, 1.165) is 4.90 Å². The monoisotopic (exact) mass is 495 g/mol. The van der Waals surface area contributed by atoms with Gasteiger partial charge < -0.3 is 16.4 Å². The lowest BCUT2D eigenvalue weighted by atomic mass is 9.76. The lowest BCUT2D eigenvalue weighted by Crippen LogP contribution is -2.99. The number of nitrogens with one attached hydrogen (secondary N) is 1. The number of amides is 4. The fourth-order valence-electron chi connectivity index (χ4n) is 5.82. The van der Waals surface area contributed by atoms with Crippen molar-refractivity contribution < 1.29 is 29.3 Å². The lowest BCUT2D eigenvalue weighted by molar-refractivity contribution is -0.733. The molecule has 0 saturated carbocycles. The molecule has 0 unspecified atom stereocenters. The molecule has 5 rings (SSSR count). The molecule has 0 aliphatic carbocycles. The summed E-state index contributed by atoms with van der Waals surface area (Å²) < 4.78 is 0. The number of nitrogens with two attached hydrogens (primary N) is 2. The van der Waals surface area contributed by atoms with Crippen LogP contribution < -0.4 is 21.3 Å². The van der Waals surface area contributed by atoms with E-state index < -0.39 is 47.0 Å². The van der Waals surface area contributed by atoms with Crippen LogP contribution in [0.1, 0.15) is 41.3 Å². The first-order valence-corrected chi connectivity index (χ1v) is 11.7. The normalized spacial score (nSPS) is 26.8. The van der Waals surface area contributed by atoms with Crippen LogP contribution in [0.25, 0.3) is 0 Å². The average molecular weight is 496 g/mol. The second kappa shape index (κ2) is 8.00. The van der Waals surface area contributed by atoms with Crippen LogP contribution in [0, 0.1) is 18.8 Å². The van der Waals surface area contributed by atoms with Gasteiger partial charge in [-0.25, -0.2) is 4.90 Å². The second-order valence-electron chi connectivity index (χ2n) is 9.37. The molecule has 3 aliphatic rings. The van der Waals surface area contributed by atoms with Crippen LogP contribution in [0.4, 0.5) is 11.4 Å². The highest BCUT2D eigenvalue weighted by molar-refractivity contribution is 6.32. The number of carbonyl (C=O) groups excluding carboxylic acids is 5. The number of Topliss-reactive ketones (excluding diaryl/α,β-unsaturated/α-hetero) is 1. The van der Waals surface area contributed by atoms with Crippen molar-refractivity contribution in [3.63, 3.8) is 0 Å². The number of ketones is 1. The van der Waals surface area contributed by atoms with Crippen LogP contribution in [0.3, 0.4) is 0 Å². The molecule has 2 aromatic carbocycles. The minimum atomic E-state index is -1.38. The van der Waals surface area contributed by atoms with E-state index in [1.54, 1.807) is 48.6 Å². The minimum Gasteiger partial charge on any atom is -0.370 e. The van der Waals surface area contributed by atoms with Gasteiger partial charge in [-0.05, 0) is 55.8 Å². The maximum absolute atomic E-state index is 13.9. The van der Waals surface area contributed by atoms with Crippen molar-refractivity contribution in [1.82, 2.24) is 0 Å². The van der Waals surface area contributed by atoms with Crippen LogP contribution in [-0.4, -0.2) is 35.5 Å². The Morgan fingerprint density at radius 2 is 1.80 bits per heavy atom. The molecule has 2 fully saturated rings. The molecule has 180 valence electrons. The molecule has 4 atom stereocenters. The first-order valence-electron chi connectivity index (χ1n) is 11.3. The van der Waals surface area contributed by atoms with Crippen molar-refractivity contribution in [2.75, 3.05) is 10.2 Å². The van der Waals surface area contributed by atoms with Crippen molar-refractivity contribution in [3.8, 4) is 0 Å². The Morgan fingerprint density at radius 3 is 2.43 bits per heavy atom. The Kier molecular flexibility index (Phi) is 5.30. The van der Waals surface area contributed by atoms with Crippen LogP contribution in [0.2, 0.25) is 5.02 Å². The average Bonchev–Trinajstić information content (AvgIpc) is 3.40. The van der Waals surface area contributed by atoms with E-state index in [1.165, 1.54) is 6.92 Å². The molecule has 0 aromatic heterocycles. The standard InChI is InChI=1S/C25H23ClN4O5/c1-11-16(26)8-7-15-21(11)28-24(35)25(15)20-19(17(29-25)9-10-18(27)32)22(33)30(23(20)34)14-5-3-13(4-6-14)12(2)31/h3-8,17,19-20,29H,9-10H2,1-2H3,(H2,27,32)(H,28,35)/p+1/t17-,19-,20+,25-/m1/s1. The van der Waals surface area contributed by atoms with E-state index >= 15 is 0 Å². The van der Waals surface area contributed by atoms with Crippen LogP contribution in [0.15, 0.2) is 36.4 Å². The van der Waals surface area contributed by atoms with Gasteiger partial charge in [0.05, 0.1) is 11.4 Å². The van der Waals surface area contributed by atoms with Crippen LogP contribution in [0.5, 0.6) is 0 Å². The Bertz CT molecular complexity index is 1320. The molecule has 3 heterocycles. The number of anilines is 2. The Balaban J connectivity index is 1.63. The van der Waals surface area contributed by atoms with Gasteiger partial charge in [0.2, 0.25) is 23.3 Å². The van der Waals surface area contributed by atoms with Crippen molar-refractivity contribution in [2.45, 2.75) is 38.3 Å². The molecule has 2 saturated heterocycles. The van der Waals surface area contributed by atoms with Crippen molar-refractivity contribution in [1.29, 1.82) is 0 Å². The van der Waals surface area contributed by atoms with Crippen molar-refractivity contribution in [3.05, 3.63) is 58.1 Å². The number of benzene rings is 2. The van der Waals surface area contributed by atoms with Gasteiger partial charge >= 0.3 is 0 Å². The summed E-state index contributed by atoms with van der Waals surface area (Å²) in [6, 6.07) is 9.09. The van der Waals surface area contributed by atoms with E-state index in [9.17, 15) is 24.0 Å². The SMILES string of the molecule is CC(=O)c1ccc(N2C(=O)[C@H]3[C@@H](C2=O)[C@@]2([NH2+][C@@H]3CCC(N)=O)C(=O)Nc3c2ccc(Cl)c3C)cc1. The van der Waals surface area contributed by atoms with Gasteiger partial charge in [-0.3, -0.25) is 24.0 Å². The smallest absolute Gasteiger partial charge is 0.291 e. The molecule has 4 amide bonds. The summed E-state index contributed by atoms with van der Waals surface area (Å²) in [6.07, 6.45) is 0.257. The quantitative estimate of drug-likeness (QED) is 0.419. The highest BCUT2D eigenvalue weighted by Crippen LogP contribution is 2.51. The zero-order chi connectivity index (χ0) is 25.2. The summed E-state index contributed by atoms with van der Waals surface area (Å²) in [5.41, 5.74) is 6.59. The topological polar surface area (TPSA) is 143 Å². The molecule has 9 nitrogen and oxygen atoms in total. The fourth-order valence-corrected chi connectivity index (χ4v) is 5.98. The molecular weight excluding hydrogens is 472 g/mol. The second-order valence-corrected chi connectivity index (χ2v) is 9.78. The summed E-state index contributed by atoms with van der Waals surface area (Å²) in [6.45, 7) is 3.21. The van der Waals surface area contributed by atoms with E-state index in [1.807, 2.05) is 0 Å². The summed E-state index contributed by atoms with van der Waals surface area (Å²) in [4.78, 5) is 65.5. The largest absolute Gasteiger partial charge is 0.370 e. The summed E-state index contributed by atoms with van der Waals surface area (Å²) in [7, 11) is 0. The number of carbonyl (C=O) groups is 5. The fraction of sp³-hybridized carbons (Fsp3) is 0.320. The zero-order valence-electron chi connectivity index (χ0n) is 19.1. The van der Waals surface area contributed by atoms with Crippen molar-refractivity contribution in [2.24, 2.45) is 17.6 Å². The Morgan fingerprint density at radius 1 is 1.11 bits per heavy atom. The molecule has 35 heavy (non-hydrogen) atoms. The van der Waals surface area contributed by atoms with Crippen LogP contribution in [-0.2, 0) is 24.7 Å². The van der Waals surface area contributed by atoms with Crippen LogP contribution >= 0.6 is 11.6 Å². The Labute approximate surface area is 206 Å². The highest BCUT2D eigenvalue weighted by Gasteiger charge is 2.74. The van der Waals surface area contributed by atoms with Crippen molar-refractivity contribution >= 4 is 52.4 Å². The number of fused-ring (bicyclic) bond motifs is 4. The summed E-state index contributed by atoms with van der Waals surface area (Å²) in [5.74, 6) is -3.81. The van der Waals surface area contributed by atoms with E-state index in [-0.39, 0.29) is 18.6 Å². The molecular formula is C25H24ClN4O5+. The number of nitrogens with zero attached hydrogens (tertiary/aromatic N) is 1. The van der Waals surface area contributed by atoms with Gasteiger partial charge in [0.1, 0.15) is 17.9 Å². The number of rotatable bonds is 5. The van der Waals surface area contributed by atoms with Gasteiger partial charge in [-0.15, -0.1) is 0 Å². The number of hydrogen-bond acceptors (Lipinski definition) is 5. The zero-order valence-corrected chi connectivity index (χ0v) is 19.9. The third-order valence-corrected chi connectivity index (χ3v) is 7.90. The third-order valence-electron chi connectivity index (χ3n) is 7.49. The molecule has 3 aliphatic heterocycles. The van der Waals surface area contributed by atoms with E-state index in [0.29, 0.717) is 33.1 Å². The molecule has 2 aromatic rings. The van der Waals surface area contributed by atoms with Gasteiger partial charge in [0, 0.05) is 29.0 Å². The lowest BCUT2D eigenvalue weighted by Gasteiger charge is -2.26. The molecule has 0 radical (unpaired) electrons. The summed E-state index contributed by atoms with van der Waals surface area (Å²) >= 11 is 6.28.